The summed E-state index contributed by atoms with van der Waals surface area (Å²) in [5.41, 5.74) is 9.42. The third-order valence-electron chi connectivity index (χ3n) is 8.01. The molecule has 0 radical (unpaired) electrons. The maximum Gasteiger partial charge on any atom is 0.0358 e. The third-order valence-corrected chi connectivity index (χ3v) is 9.14. The number of hydrogen-bond donors (Lipinski definition) is 0. The summed E-state index contributed by atoms with van der Waals surface area (Å²) in [6.07, 6.45) is 0.996. The fraction of sp³-hybridized carbons (Fsp3) is 0.211. The number of fused-ring (bicyclic) bond motifs is 3. The van der Waals surface area contributed by atoms with Gasteiger partial charge < -0.3 is 0 Å². The molecule has 6 rings (SSSR count). The number of benzene rings is 5. The predicted octanol–water partition coefficient (Wildman–Crippen LogP) is 11.2. The Balaban J connectivity index is 1.34. The van der Waals surface area contributed by atoms with Crippen LogP contribution in [0.4, 0.5) is 0 Å². The molecule has 0 bridgehead atoms. The van der Waals surface area contributed by atoms with Crippen LogP contribution in [0.2, 0.25) is 0 Å². The standard InChI is InChI=1S/C38H36S/c1-37(2,3)33-16-11-15-30(27-12-7-6-8-13-27)36(33)28-20-18-26(19-21-28)25-38(4,5)29-22-23-32-31-14-9-10-17-34(31)39-35(32)24-29/h6-24H,25H2,1-5H3. The summed E-state index contributed by atoms with van der Waals surface area (Å²) in [6.45, 7) is 11.7. The molecule has 0 atom stereocenters. The lowest BCUT2D eigenvalue weighted by Gasteiger charge is -2.27. The van der Waals surface area contributed by atoms with Gasteiger partial charge >= 0.3 is 0 Å². The van der Waals surface area contributed by atoms with Gasteiger partial charge in [-0.25, -0.2) is 0 Å². The number of thiophene rings is 1. The van der Waals surface area contributed by atoms with Gasteiger partial charge in [0.2, 0.25) is 0 Å². The van der Waals surface area contributed by atoms with Gasteiger partial charge in [0.05, 0.1) is 0 Å². The predicted molar refractivity (Wildman–Crippen MR) is 172 cm³/mol. The smallest absolute Gasteiger partial charge is 0.0358 e. The Kier molecular flexibility index (Phi) is 6.44. The van der Waals surface area contributed by atoms with E-state index in [1.54, 1.807) is 0 Å². The molecule has 0 spiro atoms. The zero-order valence-corrected chi connectivity index (χ0v) is 24.4. The Morgan fingerprint density at radius 3 is 2.00 bits per heavy atom. The van der Waals surface area contributed by atoms with Gasteiger partial charge in [0.15, 0.2) is 0 Å². The first-order valence-corrected chi connectivity index (χ1v) is 14.7. The van der Waals surface area contributed by atoms with Crippen LogP contribution in [0.3, 0.4) is 0 Å². The van der Waals surface area contributed by atoms with E-state index in [2.05, 4.69) is 150 Å². The van der Waals surface area contributed by atoms with E-state index in [0.717, 1.165) is 6.42 Å². The average molecular weight is 525 g/mol. The molecule has 0 aliphatic carbocycles. The second-order valence-electron chi connectivity index (χ2n) is 12.4. The van der Waals surface area contributed by atoms with E-state index in [1.165, 1.54) is 59.1 Å². The quantitative estimate of drug-likeness (QED) is 0.210. The lowest BCUT2D eigenvalue weighted by atomic mass is 9.77. The molecule has 1 heterocycles. The van der Waals surface area contributed by atoms with Gasteiger partial charge in [-0.3, -0.25) is 0 Å². The van der Waals surface area contributed by atoms with Crippen LogP contribution in [0, 0.1) is 0 Å². The molecule has 0 saturated heterocycles. The van der Waals surface area contributed by atoms with E-state index in [9.17, 15) is 0 Å². The second kappa shape index (κ2) is 9.81. The third kappa shape index (κ3) is 4.92. The first kappa shape index (κ1) is 25.6. The first-order chi connectivity index (χ1) is 18.7. The minimum Gasteiger partial charge on any atom is -0.135 e. The highest BCUT2D eigenvalue weighted by Crippen LogP contribution is 2.41. The van der Waals surface area contributed by atoms with Crippen molar-refractivity contribution in [2.75, 3.05) is 0 Å². The summed E-state index contributed by atoms with van der Waals surface area (Å²) < 4.78 is 2.74. The van der Waals surface area contributed by atoms with Crippen LogP contribution in [-0.4, -0.2) is 0 Å². The van der Waals surface area contributed by atoms with Gasteiger partial charge in [-0.05, 0) is 68.3 Å². The van der Waals surface area contributed by atoms with Crippen LogP contribution in [0.1, 0.15) is 51.3 Å². The van der Waals surface area contributed by atoms with Crippen LogP contribution in [0.5, 0.6) is 0 Å². The van der Waals surface area contributed by atoms with Gasteiger partial charge in [0, 0.05) is 20.2 Å². The molecule has 0 saturated carbocycles. The van der Waals surface area contributed by atoms with E-state index in [1.807, 2.05) is 11.3 Å². The minimum absolute atomic E-state index is 0.0321. The molecule has 0 aliphatic rings. The molecule has 0 N–H and O–H groups in total. The van der Waals surface area contributed by atoms with Crippen molar-refractivity contribution in [1.29, 1.82) is 0 Å². The molecule has 194 valence electrons. The van der Waals surface area contributed by atoms with Crippen molar-refractivity contribution in [3.8, 4) is 22.3 Å². The monoisotopic (exact) mass is 524 g/mol. The molecule has 0 unspecified atom stereocenters. The number of hydrogen-bond acceptors (Lipinski definition) is 1. The van der Waals surface area contributed by atoms with E-state index >= 15 is 0 Å². The Bertz CT molecular complexity index is 1760. The van der Waals surface area contributed by atoms with E-state index in [-0.39, 0.29) is 10.8 Å². The van der Waals surface area contributed by atoms with Gasteiger partial charge in [0.1, 0.15) is 0 Å². The molecule has 0 nitrogen and oxygen atoms in total. The van der Waals surface area contributed by atoms with Gasteiger partial charge in [-0.15, -0.1) is 11.3 Å². The Morgan fingerprint density at radius 1 is 0.564 bits per heavy atom. The molecule has 0 aliphatic heterocycles. The summed E-state index contributed by atoms with van der Waals surface area (Å²) in [5, 5.41) is 2.73. The van der Waals surface area contributed by atoms with Crippen molar-refractivity contribution in [2.24, 2.45) is 0 Å². The topological polar surface area (TPSA) is 0 Å². The number of rotatable bonds is 5. The van der Waals surface area contributed by atoms with Crippen molar-refractivity contribution in [3.63, 3.8) is 0 Å². The summed E-state index contributed by atoms with van der Waals surface area (Å²) >= 11 is 1.90. The SMILES string of the molecule is CC(C)(C)c1cccc(-c2ccccc2)c1-c1ccc(CC(C)(C)c2ccc3c(c2)sc2ccccc23)cc1. The van der Waals surface area contributed by atoms with Crippen molar-refractivity contribution in [2.45, 2.75) is 51.9 Å². The lowest BCUT2D eigenvalue weighted by molar-refractivity contribution is 0.523. The Morgan fingerprint density at radius 2 is 1.26 bits per heavy atom. The average Bonchev–Trinajstić information content (AvgIpc) is 3.31. The molecule has 5 aromatic carbocycles. The highest BCUT2D eigenvalue weighted by molar-refractivity contribution is 7.25. The molecular weight excluding hydrogens is 488 g/mol. The van der Waals surface area contributed by atoms with Gasteiger partial charge in [-0.1, -0.05) is 138 Å². The van der Waals surface area contributed by atoms with Crippen LogP contribution in [-0.2, 0) is 17.3 Å². The normalized spacial score (nSPS) is 12.3. The lowest BCUT2D eigenvalue weighted by Crippen LogP contribution is -2.20. The van der Waals surface area contributed by atoms with E-state index < -0.39 is 0 Å². The maximum absolute atomic E-state index is 2.42. The zero-order valence-electron chi connectivity index (χ0n) is 23.6. The zero-order chi connectivity index (χ0) is 27.2. The van der Waals surface area contributed by atoms with Gasteiger partial charge in [-0.2, -0.15) is 0 Å². The molecule has 6 aromatic rings. The summed E-state index contributed by atoms with van der Waals surface area (Å²) in [5.74, 6) is 0. The van der Waals surface area contributed by atoms with Crippen molar-refractivity contribution in [1.82, 2.24) is 0 Å². The van der Waals surface area contributed by atoms with Crippen LogP contribution in [0.25, 0.3) is 42.4 Å². The molecule has 39 heavy (non-hydrogen) atoms. The van der Waals surface area contributed by atoms with E-state index in [0.29, 0.717) is 0 Å². The maximum atomic E-state index is 2.42. The molecule has 0 amide bonds. The van der Waals surface area contributed by atoms with E-state index in [4.69, 9.17) is 0 Å². The highest BCUT2D eigenvalue weighted by atomic mass is 32.1. The van der Waals surface area contributed by atoms with Crippen molar-refractivity contribution >= 4 is 31.5 Å². The Hall–Kier alpha value is -3.68. The first-order valence-electron chi connectivity index (χ1n) is 13.9. The fourth-order valence-electron chi connectivity index (χ4n) is 5.90. The largest absolute Gasteiger partial charge is 0.135 e. The molecule has 1 aromatic heterocycles. The fourth-order valence-corrected chi connectivity index (χ4v) is 7.04. The summed E-state index contributed by atoms with van der Waals surface area (Å²) in [6, 6.07) is 42.7. The van der Waals surface area contributed by atoms with Crippen LogP contribution in [0.15, 0.2) is 115 Å². The molecule has 1 heteroatoms. The highest BCUT2D eigenvalue weighted by Gasteiger charge is 2.24. The van der Waals surface area contributed by atoms with Crippen molar-refractivity contribution in [3.05, 3.63) is 132 Å². The van der Waals surface area contributed by atoms with Gasteiger partial charge in [0.25, 0.3) is 0 Å². The van der Waals surface area contributed by atoms with Crippen molar-refractivity contribution < 1.29 is 0 Å². The summed E-state index contributed by atoms with van der Waals surface area (Å²) in [7, 11) is 0. The van der Waals surface area contributed by atoms with Crippen LogP contribution < -0.4 is 0 Å². The second-order valence-corrected chi connectivity index (χ2v) is 13.5. The minimum atomic E-state index is 0.0321. The van der Waals surface area contributed by atoms with Crippen LogP contribution >= 0.6 is 11.3 Å². The summed E-state index contributed by atoms with van der Waals surface area (Å²) in [4.78, 5) is 0. The molecular formula is C38H36S. The molecule has 0 fully saturated rings. The Labute approximate surface area is 237 Å².